The molecule has 1 atom stereocenters. The van der Waals surface area contributed by atoms with Crippen LogP contribution in [0.3, 0.4) is 0 Å². The van der Waals surface area contributed by atoms with Gasteiger partial charge in [0.15, 0.2) is 17.1 Å². The topological polar surface area (TPSA) is 76.0 Å². The van der Waals surface area contributed by atoms with Gasteiger partial charge in [0, 0.05) is 0 Å². The van der Waals surface area contributed by atoms with E-state index in [9.17, 15) is 15.0 Å². The number of hydrogen-bond acceptors (Lipinski definition) is 4. The van der Waals surface area contributed by atoms with Gasteiger partial charge in [-0.15, -0.1) is 0 Å². The molecule has 18 heavy (non-hydrogen) atoms. The molecule has 1 unspecified atom stereocenters. The van der Waals surface area contributed by atoms with E-state index in [1.807, 2.05) is 0 Å². The summed E-state index contributed by atoms with van der Waals surface area (Å²) in [6.07, 6.45) is 0. The third-order valence-corrected chi connectivity index (χ3v) is 2.99. The van der Waals surface area contributed by atoms with Crippen LogP contribution in [0.5, 0.6) is 11.5 Å². The quantitative estimate of drug-likeness (QED) is 0.835. The molecule has 0 fully saturated rings. The van der Waals surface area contributed by atoms with Crippen LogP contribution < -0.4 is 9.47 Å². The van der Waals surface area contributed by atoms with Crippen LogP contribution in [0.4, 0.5) is 0 Å². The van der Waals surface area contributed by atoms with Crippen molar-refractivity contribution in [2.75, 3.05) is 14.2 Å². The summed E-state index contributed by atoms with van der Waals surface area (Å²) in [7, 11) is 2.94. The Kier molecular flexibility index (Phi) is 4.19. The maximum absolute atomic E-state index is 11.3. The molecular weight excluding hydrogens is 236 g/mol. The van der Waals surface area contributed by atoms with Crippen LogP contribution in [0.2, 0.25) is 0 Å². The number of carboxylic acids is 1. The monoisotopic (exact) mass is 254 g/mol. The molecule has 1 rings (SSSR count). The lowest BCUT2D eigenvalue weighted by atomic mass is 9.83. The Labute approximate surface area is 106 Å². The molecule has 1 aromatic rings. The minimum atomic E-state index is -1.94. The molecular formula is C13H18O5. The van der Waals surface area contributed by atoms with E-state index >= 15 is 0 Å². The Hall–Kier alpha value is -1.75. The molecule has 5 heteroatoms. The maximum atomic E-state index is 11.3. The Bertz CT molecular complexity index is 441. The highest BCUT2D eigenvalue weighted by Crippen LogP contribution is 2.36. The van der Waals surface area contributed by atoms with Crippen LogP contribution in [0.1, 0.15) is 19.4 Å². The zero-order valence-electron chi connectivity index (χ0n) is 10.9. The van der Waals surface area contributed by atoms with Crippen molar-refractivity contribution in [3.8, 4) is 11.5 Å². The lowest BCUT2D eigenvalue weighted by molar-refractivity contribution is -0.165. The Balaban J connectivity index is 3.35. The summed E-state index contributed by atoms with van der Waals surface area (Å²) in [5.41, 5.74) is -1.68. The summed E-state index contributed by atoms with van der Waals surface area (Å²) in [6, 6.07) is 4.58. The van der Waals surface area contributed by atoms with E-state index in [0.29, 0.717) is 11.5 Å². The van der Waals surface area contributed by atoms with E-state index < -0.39 is 17.5 Å². The minimum Gasteiger partial charge on any atom is -0.493 e. The molecule has 0 bridgehead atoms. The van der Waals surface area contributed by atoms with Gasteiger partial charge in [-0.1, -0.05) is 19.9 Å². The van der Waals surface area contributed by atoms with E-state index in [0.717, 1.165) is 0 Å². The van der Waals surface area contributed by atoms with Crippen molar-refractivity contribution in [1.29, 1.82) is 0 Å². The standard InChI is InChI=1S/C13H18O5/c1-8(2)13(16,12(14)15)9-5-6-10(17-3)11(7-9)18-4/h5-8,16H,1-4H3,(H,14,15). The molecule has 100 valence electrons. The third-order valence-electron chi connectivity index (χ3n) is 2.99. The van der Waals surface area contributed by atoms with Crippen molar-refractivity contribution >= 4 is 5.97 Å². The molecule has 5 nitrogen and oxygen atoms in total. The van der Waals surface area contributed by atoms with Gasteiger partial charge in [-0.05, 0) is 23.6 Å². The fourth-order valence-electron chi connectivity index (χ4n) is 1.78. The van der Waals surface area contributed by atoms with Crippen molar-refractivity contribution in [2.24, 2.45) is 5.92 Å². The molecule has 0 amide bonds. The van der Waals surface area contributed by atoms with Gasteiger partial charge in [-0.3, -0.25) is 0 Å². The van der Waals surface area contributed by atoms with Crippen molar-refractivity contribution < 1.29 is 24.5 Å². The van der Waals surface area contributed by atoms with Gasteiger partial charge in [-0.25, -0.2) is 4.79 Å². The number of benzene rings is 1. The van der Waals surface area contributed by atoms with Gasteiger partial charge in [0.2, 0.25) is 0 Å². The fourth-order valence-corrected chi connectivity index (χ4v) is 1.78. The van der Waals surface area contributed by atoms with Crippen molar-refractivity contribution in [2.45, 2.75) is 19.4 Å². The van der Waals surface area contributed by atoms with Gasteiger partial charge in [0.05, 0.1) is 14.2 Å². The predicted octanol–water partition coefficient (Wildman–Crippen LogP) is 1.63. The van der Waals surface area contributed by atoms with Crippen LogP contribution in [-0.2, 0) is 10.4 Å². The van der Waals surface area contributed by atoms with E-state index in [1.54, 1.807) is 19.9 Å². The molecule has 0 aliphatic rings. The summed E-state index contributed by atoms with van der Waals surface area (Å²) in [6.45, 7) is 3.29. The number of methoxy groups -OCH3 is 2. The molecule has 0 aliphatic heterocycles. The first-order valence-corrected chi connectivity index (χ1v) is 5.56. The van der Waals surface area contributed by atoms with E-state index in [1.165, 1.54) is 26.4 Å². The zero-order chi connectivity index (χ0) is 13.9. The molecule has 0 saturated carbocycles. The first-order valence-electron chi connectivity index (χ1n) is 5.56. The van der Waals surface area contributed by atoms with E-state index in [-0.39, 0.29) is 5.56 Å². The lowest BCUT2D eigenvalue weighted by Crippen LogP contribution is -2.40. The number of ether oxygens (including phenoxy) is 2. The number of aliphatic hydroxyl groups is 1. The molecule has 0 aliphatic carbocycles. The average molecular weight is 254 g/mol. The summed E-state index contributed by atoms with van der Waals surface area (Å²) in [5.74, 6) is -0.897. The smallest absolute Gasteiger partial charge is 0.340 e. The number of rotatable bonds is 5. The summed E-state index contributed by atoms with van der Waals surface area (Å²) in [5, 5.41) is 19.5. The van der Waals surface area contributed by atoms with Crippen LogP contribution >= 0.6 is 0 Å². The summed E-state index contributed by atoms with van der Waals surface area (Å²) >= 11 is 0. The Morgan fingerprint density at radius 1 is 1.22 bits per heavy atom. The first-order chi connectivity index (χ1) is 8.37. The van der Waals surface area contributed by atoms with Gasteiger partial charge < -0.3 is 19.7 Å². The van der Waals surface area contributed by atoms with Crippen LogP contribution in [0, 0.1) is 5.92 Å². The number of hydrogen-bond donors (Lipinski definition) is 2. The normalized spacial score (nSPS) is 14.1. The molecule has 0 heterocycles. The molecule has 0 spiro atoms. The fraction of sp³-hybridized carbons (Fsp3) is 0.462. The minimum absolute atomic E-state index is 0.266. The summed E-state index contributed by atoms with van der Waals surface area (Å²) < 4.78 is 10.2. The van der Waals surface area contributed by atoms with Crippen LogP contribution in [0.25, 0.3) is 0 Å². The SMILES string of the molecule is COc1ccc(C(O)(C(=O)O)C(C)C)cc1OC. The van der Waals surface area contributed by atoms with Crippen LogP contribution in [-0.4, -0.2) is 30.4 Å². The largest absolute Gasteiger partial charge is 0.493 e. The second-order valence-electron chi connectivity index (χ2n) is 4.30. The van der Waals surface area contributed by atoms with Crippen molar-refractivity contribution in [1.82, 2.24) is 0 Å². The average Bonchev–Trinajstić information content (AvgIpc) is 2.36. The van der Waals surface area contributed by atoms with Crippen LogP contribution in [0.15, 0.2) is 18.2 Å². The van der Waals surface area contributed by atoms with Gasteiger partial charge in [0.1, 0.15) is 0 Å². The highest BCUT2D eigenvalue weighted by Gasteiger charge is 2.41. The second kappa shape index (κ2) is 5.27. The first kappa shape index (κ1) is 14.3. The predicted molar refractivity (Wildman–Crippen MR) is 65.9 cm³/mol. The second-order valence-corrected chi connectivity index (χ2v) is 4.30. The van der Waals surface area contributed by atoms with E-state index in [2.05, 4.69) is 0 Å². The van der Waals surface area contributed by atoms with Gasteiger partial charge >= 0.3 is 5.97 Å². The lowest BCUT2D eigenvalue weighted by Gasteiger charge is -2.28. The van der Waals surface area contributed by atoms with Crippen molar-refractivity contribution in [3.05, 3.63) is 23.8 Å². The highest BCUT2D eigenvalue weighted by molar-refractivity contribution is 5.79. The van der Waals surface area contributed by atoms with Gasteiger partial charge in [-0.2, -0.15) is 0 Å². The highest BCUT2D eigenvalue weighted by atomic mass is 16.5. The Morgan fingerprint density at radius 2 is 1.78 bits per heavy atom. The van der Waals surface area contributed by atoms with Crippen molar-refractivity contribution in [3.63, 3.8) is 0 Å². The maximum Gasteiger partial charge on any atom is 0.340 e. The molecule has 2 N–H and O–H groups in total. The molecule has 0 aromatic heterocycles. The van der Waals surface area contributed by atoms with E-state index in [4.69, 9.17) is 9.47 Å². The number of carboxylic acid groups (broad SMARTS) is 1. The summed E-state index contributed by atoms with van der Waals surface area (Å²) in [4.78, 5) is 11.3. The van der Waals surface area contributed by atoms with Gasteiger partial charge in [0.25, 0.3) is 0 Å². The third kappa shape index (κ3) is 2.26. The number of aliphatic carboxylic acids is 1. The Morgan fingerprint density at radius 3 is 2.17 bits per heavy atom. The number of carbonyl (C=O) groups is 1. The molecule has 1 aromatic carbocycles. The molecule has 0 radical (unpaired) electrons. The molecule has 0 saturated heterocycles. The zero-order valence-corrected chi connectivity index (χ0v) is 10.9.